The Morgan fingerprint density at radius 3 is 2.62 bits per heavy atom. The van der Waals surface area contributed by atoms with E-state index in [2.05, 4.69) is 4.98 Å². The molecule has 0 saturated heterocycles. The average molecular weight is 197 g/mol. The zero-order chi connectivity index (χ0) is 9.84. The molecule has 0 bridgehead atoms. The van der Waals surface area contributed by atoms with Gasteiger partial charge in [0.1, 0.15) is 0 Å². The molecule has 3 heteroatoms. The quantitative estimate of drug-likeness (QED) is 0.741. The highest BCUT2D eigenvalue weighted by Gasteiger charge is 2.03. The van der Waals surface area contributed by atoms with Crippen LogP contribution in [0.25, 0.3) is 0 Å². The molecule has 0 fully saturated rings. The smallest absolute Gasteiger partial charge is 0.0503 e. The van der Waals surface area contributed by atoms with Gasteiger partial charge in [-0.3, -0.25) is 9.19 Å². The molecule has 72 valence electrons. The summed E-state index contributed by atoms with van der Waals surface area (Å²) < 4.78 is 11.3. The fraction of sp³-hybridized carbons (Fsp3) is 0.500. The van der Waals surface area contributed by atoms with E-state index in [9.17, 15) is 4.21 Å². The number of hydrogen-bond donors (Lipinski definition) is 0. The van der Waals surface area contributed by atoms with E-state index in [1.807, 2.05) is 32.9 Å². The van der Waals surface area contributed by atoms with Crippen molar-refractivity contribution in [1.29, 1.82) is 0 Å². The van der Waals surface area contributed by atoms with Crippen molar-refractivity contribution in [1.82, 2.24) is 4.98 Å². The van der Waals surface area contributed by atoms with Crippen molar-refractivity contribution in [2.24, 2.45) is 0 Å². The molecule has 0 radical (unpaired) electrons. The summed E-state index contributed by atoms with van der Waals surface area (Å²) in [7, 11) is -0.735. The van der Waals surface area contributed by atoms with Crippen molar-refractivity contribution in [3.8, 4) is 0 Å². The lowest BCUT2D eigenvalue weighted by molar-refractivity contribution is 0.683. The van der Waals surface area contributed by atoms with Gasteiger partial charge in [0.15, 0.2) is 0 Å². The molecule has 1 unspecified atom stereocenters. The van der Waals surface area contributed by atoms with Gasteiger partial charge in [0.05, 0.1) is 5.75 Å². The van der Waals surface area contributed by atoms with Crippen LogP contribution in [0.4, 0.5) is 0 Å². The van der Waals surface area contributed by atoms with E-state index in [-0.39, 0.29) is 0 Å². The first kappa shape index (κ1) is 10.4. The highest BCUT2D eigenvalue weighted by Crippen LogP contribution is 2.08. The molecule has 0 aliphatic heterocycles. The molecule has 1 rings (SSSR count). The Morgan fingerprint density at radius 2 is 2.08 bits per heavy atom. The molecule has 0 spiro atoms. The number of pyridine rings is 1. The maximum Gasteiger partial charge on any atom is 0.0503 e. The molecule has 1 heterocycles. The van der Waals surface area contributed by atoms with E-state index in [0.717, 1.165) is 17.0 Å². The van der Waals surface area contributed by atoms with Crippen LogP contribution in [0.3, 0.4) is 0 Å². The second-order valence-corrected chi connectivity index (χ2v) is 4.82. The van der Waals surface area contributed by atoms with Crippen molar-refractivity contribution in [3.63, 3.8) is 0 Å². The summed E-state index contributed by atoms with van der Waals surface area (Å²) in [5.41, 5.74) is 3.12. The standard InChI is InChI=1S/C10H15NOS/c1-4-13(12)7-10-6-5-8(2)11-9(10)3/h5-6H,4,7H2,1-3H3. The molecule has 0 aromatic carbocycles. The molecule has 1 atom stereocenters. The first-order chi connectivity index (χ1) is 6.13. The van der Waals surface area contributed by atoms with Crippen LogP contribution >= 0.6 is 0 Å². The fourth-order valence-electron chi connectivity index (χ4n) is 1.14. The minimum absolute atomic E-state index is 0.635. The monoisotopic (exact) mass is 197 g/mol. The van der Waals surface area contributed by atoms with Gasteiger partial charge in [0.25, 0.3) is 0 Å². The summed E-state index contributed by atoms with van der Waals surface area (Å²) in [4.78, 5) is 4.33. The number of nitrogens with zero attached hydrogens (tertiary/aromatic N) is 1. The van der Waals surface area contributed by atoms with Crippen LogP contribution in [-0.4, -0.2) is 14.9 Å². The summed E-state index contributed by atoms with van der Waals surface area (Å²) in [6.45, 7) is 5.87. The van der Waals surface area contributed by atoms with Crippen LogP contribution in [0, 0.1) is 13.8 Å². The Hall–Kier alpha value is -0.700. The number of aromatic nitrogens is 1. The molecule has 0 amide bonds. The van der Waals surface area contributed by atoms with Gasteiger partial charge in [0, 0.05) is 27.9 Å². The summed E-state index contributed by atoms with van der Waals surface area (Å²) >= 11 is 0. The van der Waals surface area contributed by atoms with Crippen LogP contribution in [0.5, 0.6) is 0 Å². The lowest BCUT2D eigenvalue weighted by atomic mass is 10.2. The highest BCUT2D eigenvalue weighted by molar-refractivity contribution is 7.84. The zero-order valence-electron chi connectivity index (χ0n) is 8.33. The summed E-state index contributed by atoms with van der Waals surface area (Å²) in [5.74, 6) is 1.35. The van der Waals surface area contributed by atoms with Gasteiger partial charge >= 0.3 is 0 Å². The lowest BCUT2D eigenvalue weighted by Gasteiger charge is -2.04. The van der Waals surface area contributed by atoms with Gasteiger partial charge in [-0.05, 0) is 25.5 Å². The molecule has 0 saturated carbocycles. The molecular weight excluding hydrogens is 182 g/mol. The van der Waals surface area contributed by atoms with Gasteiger partial charge < -0.3 is 0 Å². The minimum atomic E-state index is -0.735. The Labute approximate surface area is 81.9 Å². The molecule has 0 aliphatic carbocycles. The van der Waals surface area contributed by atoms with Gasteiger partial charge in [-0.2, -0.15) is 0 Å². The maximum absolute atomic E-state index is 11.3. The SMILES string of the molecule is CCS(=O)Cc1ccc(C)nc1C. The average Bonchev–Trinajstić information content (AvgIpc) is 2.09. The van der Waals surface area contributed by atoms with Crippen LogP contribution < -0.4 is 0 Å². The molecule has 1 aromatic rings. The van der Waals surface area contributed by atoms with E-state index in [0.29, 0.717) is 11.5 Å². The fourth-order valence-corrected chi connectivity index (χ4v) is 2.00. The minimum Gasteiger partial charge on any atom is -0.259 e. The zero-order valence-corrected chi connectivity index (χ0v) is 9.15. The van der Waals surface area contributed by atoms with E-state index in [1.54, 1.807) is 0 Å². The van der Waals surface area contributed by atoms with E-state index in [1.165, 1.54) is 0 Å². The molecule has 1 aromatic heterocycles. The maximum atomic E-state index is 11.3. The van der Waals surface area contributed by atoms with Crippen molar-refractivity contribution in [2.45, 2.75) is 26.5 Å². The van der Waals surface area contributed by atoms with Gasteiger partial charge in [0.2, 0.25) is 0 Å². The van der Waals surface area contributed by atoms with Crippen LogP contribution in [0.15, 0.2) is 12.1 Å². The Kier molecular flexibility index (Phi) is 3.60. The molecule has 0 N–H and O–H groups in total. The van der Waals surface area contributed by atoms with Crippen molar-refractivity contribution in [2.75, 3.05) is 5.75 Å². The van der Waals surface area contributed by atoms with Gasteiger partial charge in [-0.15, -0.1) is 0 Å². The van der Waals surface area contributed by atoms with Crippen LogP contribution in [0.1, 0.15) is 23.9 Å². The van der Waals surface area contributed by atoms with Gasteiger partial charge in [-0.1, -0.05) is 13.0 Å². The highest BCUT2D eigenvalue weighted by atomic mass is 32.2. The van der Waals surface area contributed by atoms with Crippen LogP contribution in [0.2, 0.25) is 0 Å². The first-order valence-corrected chi connectivity index (χ1v) is 5.90. The van der Waals surface area contributed by atoms with Crippen LogP contribution in [-0.2, 0) is 16.6 Å². The molecule has 13 heavy (non-hydrogen) atoms. The third-order valence-corrected chi connectivity index (χ3v) is 3.25. The lowest BCUT2D eigenvalue weighted by Crippen LogP contribution is -2.01. The van der Waals surface area contributed by atoms with Crippen molar-refractivity contribution < 1.29 is 4.21 Å². The van der Waals surface area contributed by atoms with Crippen molar-refractivity contribution in [3.05, 3.63) is 29.1 Å². The first-order valence-electron chi connectivity index (χ1n) is 4.41. The van der Waals surface area contributed by atoms with Gasteiger partial charge in [-0.25, -0.2) is 0 Å². The normalized spacial score (nSPS) is 12.8. The Bertz CT molecular complexity index is 323. The number of rotatable bonds is 3. The van der Waals surface area contributed by atoms with Crippen molar-refractivity contribution >= 4 is 10.8 Å². The summed E-state index contributed by atoms with van der Waals surface area (Å²) in [5, 5.41) is 0. The Balaban J connectivity index is 2.83. The second kappa shape index (κ2) is 4.51. The number of hydrogen-bond acceptors (Lipinski definition) is 2. The largest absolute Gasteiger partial charge is 0.259 e. The van der Waals surface area contributed by atoms with E-state index < -0.39 is 10.8 Å². The predicted octanol–water partition coefficient (Wildman–Crippen LogP) is 1.97. The summed E-state index contributed by atoms with van der Waals surface area (Å²) in [6, 6.07) is 3.99. The van der Waals surface area contributed by atoms with E-state index in [4.69, 9.17) is 0 Å². The van der Waals surface area contributed by atoms with E-state index >= 15 is 0 Å². The molecule has 0 aliphatic rings. The molecular formula is C10H15NOS. The number of aryl methyl sites for hydroxylation is 2. The second-order valence-electron chi connectivity index (χ2n) is 3.07. The molecule has 2 nitrogen and oxygen atoms in total. The third-order valence-electron chi connectivity index (χ3n) is 1.97. The predicted molar refractivity (Wildman–Crippen MR) is 56.1 cm³/mol. The third kappa shape index (κ3) is 2.92. The Morgan fingerprint density at radius 1 is 1.38 bits per heavy atom. The topological polar surface area (TPSA) is 30.0 Å². The summed E-state index contributed by atoms with van der Waals surface area (Å²) in [6.07, 6.45) is 0.